The number of nitrogens with zero attached hydrogens (tertiary/aromatic N) is 3. The Morgan fingerprint density at radius 2 is 2.44 bits per heavy atom. The zero-order valence-corrected chi connectivity index (χ0v) is 8.72. The van der Waals surface area contributed by atoms with E-state index in [1.54, 1.807) is 12.1 Å². The molecule has 1 amide bonds. The van der Waals surface area contributed by atoms with Gasteiger partial charge in [0.1, 0.15) is 5.76 Å². The van der Waals surface area contributed by atoms with Gasteiger partial charge in [-0.2, -0.15) is 0 Å². The van der Waals surface area contributed by atoms with Gasteiger partial charge in [-0.1, -0.05) is 5.11 Å². The molecule has 1 aromatic heterocycles. The van der Waals surface area contributed by atoms with E-state index in [1.165, 1.54) is 12.8 Å². The van der Waals surface area contributed by atoms with Crippen LogP contribution in [0, 0.1) is 5.92 Å². The average Bonchev–Trinajstić information content (AvgIpc) is 3.00. The van der Waals surface area contributed by atoms with E-state index in [4.69, 9.17) is 9.95 Å². The lowest BCUT2D eigenvalue weighted by molar-refractivity contribution is 0.0922. The minimum Gasteiger partial charge on any atom is -0.456 e. The lowest BCUT2D eigenvalue weighted by Gasteiger charge is -2.00. The van der Waals surface area contributed by atoms with Crippen LogP contribution in [0.4, 0.5) is 0 Å². The summed E-state index contributed by atoms with van der Waals surface area (Å²) in [4.78, 5) is 14.2. The van der Waals surface area contributed by atoms with Gasteiger partial charge in [0.15, 0.2) is 5.76 Å². The summed E-state index contributed by atoms with van der Waals surface area (Å²) in [6.45, 7) is 0.845. The van der Waals surface area contributed by atoms with E-state index >= 15 is 0 Å². The normalized spacial score (nSPS) is 14.2. The van der Waals surface area contributed by atoms with Gasteiger partial charge in [0, 0.05) is 11.5 Å². The minimum absolute atomic E-state index is 0.131. The lowest BCUT2D eigenvalue weighted by Crippen LogP contribution is -2.24. The van der Waals surface area contributed by atoms with E-state index in [-0.39, 0.29) is 18.2 Å². The van der Waals surface area contributed by atoms with Crippen molar-refractivity contribution < 1.29 is 9.21 Å². The summed E-state index contributed by atoms with van der Waals surface area (Å²) in [6, 6.07) is 3.23. The first-order valence-electron chi connectivity index (χ1n) is 5.17. The molecule has 6 heteroatoms. The van der Waals surface area contributed by atoms with Gasteiger partial charge in [-0.05, 0) is 36.4 Å². The summed E-state index contributed by atoms with van der Waals surface area (Å²) < 4.78 is 5.22. The summed E-state index contributed by atoms with van der Waals surface area (Å²) in [5, 5.41) is 6.15. The van der Waals surface area contributed by atoms with Crippen LogP contribution in [-0.4, -0.2) is 12.5 Å². The zero-order valence-electron chi connectivity index (χ0n) is 8.72. The maximum atomic E-state index is 11.6. The predicted molar refractivity (Wildman–Crippen MR) is 56.6 cm³/mol. The van der Waals surface area contributed by atoms with Crippen LogP contribution in [0.25, 0.3) is 10.4 Å². The third-order valence-electron chi connectivity index (χ3n) is 2.42. The van der Waals surface area contributed by atoms with E-state index in [2.05, 4.69) is 15.3 Å². The van der Waals surface area contributed by atoms with Crippen LogP contribution < -0.4 is 5.32 Å². The fourth-order valence-corrected chi connectivity index (χ4v) is 1.33. The molecule has 0 bridgehead atoms. The Morgan fingerprint density at radius 1 is 1.62 bits per heavy atom. The number of carbonyl (C=O) groups is 1. The van der Waals surface area contributed by atoms with Crippen molar-refractivity contribution in [2.45, 2.75) is 19.4 Å². The minimum atomic E-state index is -0.209. The molecule has 0 aliphatic heterocycles. The third-order valence-corrected chi connectivity index (χ3v) is 2.42. The molecule has 16 heavy (non-hydrogen) atoms. The van der Waals surface area contributed by atoms with Gasteiger partial charge in [-0.3, -0.25) is 4.79 Å². The van der Waals surface area contributed by atoms with Gasteiger partial charge in [0.05, 0.1) is 6.54 Å². The molecule has 6 nitrogen and oxygen atoms in total. The van der Waals surface area contributed by atoms with Crippen LogP contribution >= 0.6 is 0 Å². The number of carbonyl (C=O) groups excluding carboxylic acids is 1. The molecule has 0 atom stereocenters. The van der Waals surface area contributed by atoms with Crippen LogP contribution in [0.2, 0.25) is 0 Å². The monoisotopic (exact) mass is 220 g/mol. The highest BCUT2D eigenvalue weighted by atomic mass is 16.4. The largest absolute Gasteiger partial charge is 0.456 e. The SMILES string of the molecule is [N-]=[N+]=NCc1ccc(C(=O)NCC2CC2)o1. The van der Waals surface area contributed by atoms with Crippen LogP contribution in [-0.2, 0) is 6.54 Å². The molecule has 0 radical (unpaired) electrons. The first kappa shape index (κ1) is 10.6. The van der Waals surface area contributed by atoms with Gasteiger partial charge < -0.3 is 9.73 Å². The second kappa shape index (κ2) is 4.72. The average molecular weight is 220 g/mol. The molecular weight excluding hydrogens is 208 g/mol. The molecule has 0 unspecified atom stereocenters. The van der Waals surface area contributed by atoms with Crippen LogP contribution in [0.1, 0.15) is 29.2 Å². The second-order valence-corrected chi connectivity index (χ2v) is 3.81. The van der Waals surface area contributed by atoms with Crippen molar-refractivity contribution in [3.8, 4) is 0 Å². The maximum Gasteiger partial charge on any atom is 0.287 e. The quantitative estimate of drug-likeness (QED) is 0.468. The Bertz CT molecular complexity index is 430. The highest BCUT2D eigenvalue weighted by molar-refractivity contribution is 5.91. The van der Waals surface area contributed by atoms with Crippen molar-refractivity contribution in [3.63, 3.8) is 0 Å². The van der Waals surface area contributed by atoms with Gasteiger partial charge in [-0.25, -0.2) is 0 Å². The van der Waals surface area contributed by atoms with E-state index in [1.807, 2.05) is 0 Å². The number of furan rings is 1. The highest BCUT2D eigenvalue weighted by Crippen LogP contribution is 2.27. The van der Waals surface area contributed by atoms with Gasteiger partial charge in [0.2, 0.25) is 0 Å². The molecule has 1 aliphatic carbocycles. The number of azide groups is 1. The smallest absolute Gasteiger partial charge is 0.287 e. The standard InChI is InChI=1S/C10H12N4O2/c11-14-13-6-8-3-4-9(16-8)10(15)12-5-7-1-2-7/h3-4,7H,1-2,5-6H2,(H,12,15). The van der Waals surface area contributed by atoms with E-state index in [0.29, 0.717) is 18.2 Å². The fraction of sp³-hybridized carbons (Fsp3) is 0.500. The Kier molecular flexibility index (Phi) is 3.12. The maximum absolute atomic E-state index is 11.6. The fourth-order valence-electron chi connectivity index (χ4n) is 1.33. The highest BCUT2D eigenvalue weighted by Gasteiger charge is 2.22. The van der Waals surface area contributed by atoms with Crippen molar-refractivity contribution in [1.82, 2.24) is 5.32 Å². The van der Waals surface area contributed by atoms with Crippen molar-refractivity contribution in [2.75, 3.05) is 6.54 Å². The summed E-state index contributed by atoms with van der Waals surface area (Å²) >= 11 is 0. The summed E-state index contributed by atoms with van der Waals surface area (Å²) in [7, 11) is 0. The van der Waals surface area contributed by atoms with E-state index in [9.17, 15) is 4.79 Å². The van der Waals surface area contributed by atoms with Crippen molar-refractivity contribution in [1.29, 1.82) is 0 Å². The molecule has 1 aromatic rings. The molecule has 1 aliphatic rings. The Morgan fingerprint density at radius 3 is 3.12 bits per heavy atom. The molecular formula is C10H12N4O2. The molecule has 1 saturated carbocycles. The number of rotatable bonds is 5. The van der Waals surface area contributed by atoms with Crippen molar-refractivity contribution >= 4 is 5.91 Å². The number of amides is 1. The Labute approximate surface area is 92.3 Å². The van der Waals surface area contributed by atoms with Gasteiger partial charge in [-0.15, -0.1) is 0 Å². The molecule has 0 spiro atoms. The van der Waals surface area contributed by atoms with Crippen LogP contribution in [0.15, 0.2) is 21.7 Å². The van der Waals surface area contributed by atoms with Crippen molar-refractivity contribution in [3.05, 3.63) is 34.1 Å². The van der Waals surface area contributed by atoms with Gasteiger partial charge in [0.25, 0.3) is 5.91 Å². The second-order valence-electron chi connectivity index (χ2n) is 3.81. The number of hydrogen-bond donors (Lipinski definition) is 1. The lowest BCUT2D eigenvalue weighted by atomic mass is 10.3. The van der Waals surface area contributed by atoms with Crippen LogP contribution in [0.5, 0.6) is 0 Å². The third kappa shape index (κ3) is 2.77. The molecule has 1 fully saturated rings. The van der Waals surface area contributed by atoms with Crippen LogP contribution in [0.3, 0.4) is 0 Å². The van der Waals surface area contributed by atoms with Gasteiger partial charge >= 0.3 is 0 Å². The predicted octanol–water partition coefficient (Wildman–Crippen LogP) is 2.23. The summed E-state index contributed by atoms with van der Waals surface area (Å²) in [5.41, 5.74) is 8.13. The molecule has 0 saturated heterocycles. The van der Waals surface area contributed by atoms with E-state index < -0.39 is 0 Å². The summed E-state index contributed by atoms with van der Waals surface area (Å²) in [6.07, 6.45) is 2.39. The summed E-state index contributed by atoms with van der Waals surface area (Å²) in [5.74, 6) is 1.19. The first-order chi connectivity index (χ1) is 7.79. The molecule has 84 valence electrons. The van der Waals surface area contributed by atoms with Crippen molar-refractivity contribution in [2.24, 2.45) is 11.0 Å². The Balaban J connectivity index is 1.88. The topological polar surface area (TPSA) is 91.0 Å². The first-order valence-corrected chi connectivity index (χ1v) is 5.17. The van der Waals surface area contributed by atoms with E-state index in [0.717, 1.165) is 0 Å². The number of nitrogens with one attached hydrogen (secondary N) is 1. The molecule has 0 aromatic carbocycles. The molecule has 1 heterocycles. The Hall–Kier alpha value is -1.94. The molecule has 1 N–H and O–H groups in total. The molecule has 2 rings (SSSR count). The zero-order chi connectivity index (χ0) is 11.4. The number of hydrogen-bond acceptors (Lipinski definition) is 3.